The Morgan fingerprint density at radius 3 is 2.53 bits per heavy atom. The second-order valence-electron chi connectivity index (χ2n) is 3.15. The van der Waals surface area contributed by atoms with Gasteiger partial charge in [-0.2, -0.15) is 0 Å². The average Bonchev–Trinajstić information content (AvgIpc) is 2.16. The molecule has 0 aliphatic heterocycles. The molecule has 1 rings (SSSR count). The molecule has 0 radical (unpaired) electrons. The van der Waals surface area contributed by atoms with Crippen LogP contribution >= 0.6 is 15.9 Å². The highest BCUT2D eigenvalue weighted by Gasteiger charge is 2.14. The van der Waals surface area contributed by atoms with Crippen LogP contribution in [0, 0.1) is 0 Å². The number of ether oxygens (including phenoxy) is 1. The van der Waals surface area contributed by atoms with E-state index in [2.05, 4.69) is 15.9 Å². The van der Waals surface area contributed by atoms with E-state index in [1.807, 2.05) is 6.92 Å². The van der Waals surface area contributed by atoms with E-state index in [0.717, 1.165) is 0 Å². The SMILES string of the molecule is CCCS(=O)(=O)c1cc(Br)cc(OC)c1. The van der Waals surface area contributed by atoms with Gasteiger partial charge in [-0.15, -0.1) is 0 Å². The fraction of sp³-hybridized carbons (Fsp3) is 0.400. The summed E-state index contributed by atoms with van der Waals surface area (Å²) in [6.07, 6.45) is 0.608. The number of sulfone groups is 1. The lowest BCUT2D eigenvalue weighted by Crippen LogP contribution is -2.06. The first-order valence-electron chi connectivity index (χ1n) is 4.57. The molecule has 0 bridgehead atoms. The van der Waals surface area contributed by atoms with Gasteiger partial charge in [-0.1, -0.05) is 22.9 Å². The Morgan fingerprint density at radius 2 is 2.00 bits per heavy atom. The van der Waals surface area contributed by atoms with Gasteiger partial charge < -0.3 is 4.74 Å². The van der Waals surface area contributed by atoms with Crippen LogP contribution in [0.25, 0.3) is 0 Å². The monoisotopic (exact) mass is 292 g/mol. The Balaban J connectivity index is 3.20. The van der Waals surface area contributed by atoms with Crippen LogP contribution in [0.2, 0.25) is 0 Å². The fourth-order valence-corrected chi connectivity index (χ4v) is 3.22. The van der Waals surface area contributed by atoms with E-state index < -0.39 is 9.84 Å². The summed E-state index contributed by atoms with van der Waals surface area (Å²) in [5.74, 6) is 0.700. The zero-order chi connectivity index (χ0) is 11.5. The summed E-state index contributed by atoms with van der Waals surface area (Å²) in [6, 6.07) is 4.86. The molecule has 0 aliphatic rings. The first-order chi connectivity index (χ1) is 6.99. The fourth-order valence-electron chi connectivity index (χ4n) is 1.22. The van der Waals surface area contributed by atoms with Crippen molar-refractivity contribution in [3.05, 3.63) is 22.7 Å². The lowest BCUT2D eigenvalue weighted by Gasteiger charge is -2.06. The molecule has 0 atom stereocenters. The number of benzene rings is 1. The molecule has 0 unspecified atom stereocenters. The van der Waals surface area contributed by atoms with Crippen molar-refractivity contribution in [1.29, 1.82) is 0 Å². The molecule has 0 saturated carbocycles. The minimum atomic E-state index is -3.18. The van der Waals surface area contributed by atoms with Crippen molar-refractivity contribution in [2.75, 3.05) is 12.9 Å². The Bertz CT molecular complexity index is 440. The van der Waals surface area contributed by atoms with Crippen molar-refractivity contribution in [3.63, 3.8) is 0 Å². The molecule has 15 heavy (non-hydrogen) atoms. The Hall–Kier alpha value is -0.550. The lowest BCUT2D eigenvalue weighted by molar-refractivity contribution is 0.413. The summed E-state index contributed by atoms with van der Waals surface area (Å²) >= 11 is 3.25. The molecular weight excluding hydrogens is 280 g/mol. The van der Waals surface area contributed by atoms with Crippen molar-refractivity contribution < 1.29 is 13.2 Å². The first kappa shape index (κ1) is 12.5. The Morgan fingerprint density at radius 1 is 1.33 bits per heavy atom. The highest BCUT2D eigenvalue weighted by molar-refractivity contribution is 9.10. The van der Waals surface area contributed by atoms with Crippen LogP contribution in [-0.4, -0.2) is 21.3 Å². The maximum Gasteiger partial charge on any atom is 0.178 e. The smallest absolute Gasteiger partial charge is 0.178 e. The van der Waals surface area contributed by atoms with Crippen LogP contribution in [0.15, 0.2) is 27.6 Å². The minimum absolute atomic E-state index is 0.159. The molecule has 3 nitrogen and oxygen atoms in total. The maximum atomic E-state index is 11.8. The standard InChI is InChI=1S/C10H13BrO3S/c1-3-4-15(12,13)10-6-8(11)5-9(7-10)14-2/h5-7H,3-4H2,1-2H3. The highest BCUT2D eigenvalue weighted by Crippen LogP contribution is 2.25. The average molecular weight is 293 g/mol. The summed E-state index contributed by atoms with van der Waals surface area (Å²) < 4.78 is 29.3. The van der Waals surface area contributed by atoms with Gasteiger partial charge in [0.15, 0.2) is 9.84 Å². The second-order valence-corrected chi connectivity index (χ2v) is 6.17. The van der Waals surface area contributed by atoms with E-state index in [9.17, 15) is 8.42 Å². The Labute approximate surface area is 98.5 Å². The summed E-state index contributed by atoms with van der Waals surface area (Å²) in [7, 11) is -1.66. The summed E-state index contributed by atoms with van der Waals surface area (Å²) in [6.45, 7) is 1.84. The van der Waals surface area contributed by atoms with Crippen LogP contribution in [0.4, 0.5) is 0 Å². The number of methoxy groups -OCH3 is 1. The molecule has 0 spiro atoms. The molecule has 1 aromatic rings. The second kappa shape index (κ2) is 4.99. The van der Waals surface area contributed by atoms with Gasteiger partial charge in [0.25, 0.3) is 0 Å². The highest BCUT2D eigenvalue weighted by atomic mass is 79.9. The topological polar surface area (TPSA) is 43.4 Å². The van der Waals surface area contributed by atoms with Crippen molar-refractivity contribution in [2.24, 2.45) is 0 Å². The van der Waals surface area contributed by atoms with E-state index in [0.29, 0.717) is 21.5 Å². The third-order valence-electron chi connectivity index (χ3n) is 1.91. The normalized spacial score (nSPS) is 11.4. The van der Waals surface area contributed by atoms with E-state index in [1.54, 1.807) is 12.1 Å². The molecule has 0 amide bonds. The molecule has 0 fully saturated rings. The largest absolute Gasteiger partial charge is 0.497 e. The number of hydrogen-bond donors (Lipinski definition) is 0. The predicted octanol–water partition coefficient (Wildman–Crippen LogP) is 2.64. The summed E-state index contributed by atoms with van der Waals surface area (Å²) in [4.78, 5) is 0.301. The van der Waals surface area contributed by atoms with E-state index in [-0.39, 0.29) is 5.75 Å². The molecule has 1 aromatic carbocycles. The zero-order valence-corrected chi connectivity index (χ0v) is 11.1. The molecule has 0 heterocycles. The zero-order valence-electron chi connectivity index (χ0n) is 8.66. The molecule has 84 valence electrons. The summed E-state index contributed by atoms with van der Waals surface area (Å²) in [5, 5.41) is 0. The van der Waals surface area contributed by atoms with E-state index in [1.165, 1.54) is 13.2 Å². The molecule has 0 aliphatic carbocycles. The maximum absolute atomic E-state index is 11.8. The third-order valence-corrected chi connectivity index (χ3v) is 4.27. The van der Waals surface area contributed by atoms with Crippen LogP contribution in [-0.2, 0) is 9.84 Å². The van der Waals surface area contributed by atoms with Crippen LogP contribution < -0.4 is 4.74 Å². The first-order valence-corrected chi connectivity index (χ1v) is 7.01. The van der Waals surface area contributed by atoms with Crippen LogP contribution in [0.3, 0.4) is 0 Å². The van der Waals surface area contributed by atoms with Gasteiger partial charge in [0.2, 0.25) is 0 Å². The predicted molar refractivity (Wildman–Crippen MR) is 63.0 cm³/mol. The van der Waals surface area contributed by atoms with Gasteiger partial charge in [0.1, 0.15) is 5.75 Å². The van der Waals surface area contributed by atoms with Crippen molar-refractivity contribution >= 4 is 25.8 Å². The number of halogens is 1. The van der Waals surface area contributed by atoms with Crippen molar-refractivity contribution in [3.8, 4) is 5.75 Å². The van der Waals surface area contributed by atoms with Gasteiger partial charge in [0, 0.05) is 4.47 Å². The Kier molecular flexibility index (Phi) is 4.16. The van der Waals surface area contributed by atoms with Gasteiger partial charge in [-0.05, 0) is 24.6 Å². The van der Waals surface area contributed by atoms with Gasteiger partial charge in [-0.25, -0.2) is 8.42 Å². The van der Waals surface area contributed by atoms with Gasteiger partial charge in [0.05, 0.1) is 17.8 Å². The van der Waals surface area contributed by atoms with Gasteiger partial charge in [-0.3, -0.25) is 0 Å². The quantitative estimate of drug-likeness (QED) is 0.857. The molecule has 5 heteroatoms. The van der Waals surface area contributed by atoms with Crippen LogP contribution in [0.1, 0.15) is 13.3 Å². The molecule has 0 N–H and O–H groups in total. The minimum Gasteiger partial charge on any atom is -0.497 e. The van der Waals surface area contributed by atoms with E-state index in [4.69, 9.17) is 4.74 Å². The summed E-state index contributed by atoms with van der Waals surface area (Å²) in [5.41, 5.74) is 0. The number of rotatable bonds is 4. The molecule has 0 saturated heterocycles. The van der Waals surface area contributed by atoms with E-state index >= 15 is 0 Å². The van der Waals surface area contributed by atoms with Crippen molar-refractivity contribution in [1.82, 2.24) is 0 Å². The lowest BCUT2D eigenvalue weighted by atomic mass is 10.3. The number of hydrogen-bond acceptors (Lipinski definition) is 3. The van der Waals surface area contributed by atoms with Crippen LogP contribution in [0.5, 0.6) is 5.75 Å². The van der Waals surface area contributed by atoms with Crippen molar-refractivity contribution in [2.45, 2.75) is 18.2 Å². The molecular formula is C10H13BrO3S. The molecule has 0 aromatic heterocycles. The third kappa shape index (κ3) is 3.21. The van der Waals surface area contributed by atoms with Gasteiger partial charge >= 0.3 is 0 Å².